The van der Waals surface area contributed by atoms with E-state index in [2.05, 4.69) is 24.4 Å². The first-order valence-electron chi connectivity index (χ1n) is 7.34. The molecule has 0 aliphatic heterocycles. The largest absolute Gasteiger partial charge is 0.508 e. The van der Waals surface area contributed by atoms with Crippen LogP contribution in [0.1, 0.15) is 30.9 Å². The molecule has 21 heavy (non-hydrogen) atoms. The van der Waals surface area contributed by atoms with E-state index in [9.17, 15) is 9.90 Å². The Balaban J connectivity index is 1.90. The third kappa shape index (κ3) is 4.95. The van der Waals surface area contributed by atoms with E-state index in [-0.39, 0.29) is 18.1 Å². The van der Waals surface area contributed by atoms with Gasteiger partial charge in [-0.05, 0) is 48.2 Å². The molecule has 110 valence electrons. The number of hydrogen-bond acceptors (Lipinski definition) is 2. The Labute approximate surface area is 125 Å². The zero-order valence-electron chi connectivity index (χ0n) is 12.3. The van der Waals surface area contributed by atoms with Gasteiger partial charge in [-0.3, -0.25) is 4.79 Å². The number of carbonyl (C=O) groups excluding carboxylic acids is 1. The predicted molar refractivity (Wildman–Crippen MR) is 85.5 cm³/mol. The Bertz CT molecular complexity index is 590. The molecule has 0 saturated heterocycles. The van der Waals surface area contributed by atoms with Crippen LogP contribution in [0.5, 0.6) is 5.75 Å². The molecule has 1 amide bonds. The lowest BCUT2D eigenvalue weighted by Crippen LogP contribution is -2.14. The number of benzene rings is 2. The molecule has 0 unspecified atom stereocenters. The predicted octanol–water partition coefficient (Wildman–Crippen LogP) is 3.92. The highest BCUT2D eigenvalue weighted by molar-refractivity contribution is 5.92. The van der Waals surface area contributed by atoms with E-state index >= 15 is 0 Å². The van der Waals surface area contributed by atoms with Crippen molar-refractivity contribution >= 4 is 11.6 Å². The fourth-order valence-electron chi connectivity index (χ4n) is 2.19. The van der Waals surface area contributed by atoms with Crippen molar-refractivity contribution in [1.82, 2.24) is 0 Å². The molecule has 0 spiro atoms. The standard InChI is InChI=1S/C18H21NO2/c1-2-3-5-14-8-10-16(11-9-14)19-18(21)13-15-6-4-7-17(20)12-15/h4,6-12,20H,2-3,5,13H2,1H3,(H,19,21). The molecule has 2 N–H and O–H groups in total. The number of unbranched alkanes of at least 4 members (excludes halogenated alkanes) is 1. The molecule has 2 aromatic carbocycles. The highest BCUT2D eigenvalue weighted by atomic mass is 16.3. The molecular weight excluding hydrogens is 262 g/mol. The molecule has 0 aliphatic carbocycles. The lowest BCUT2D eigenvalue weighted by molar-refractivity contribution is -0.115. The van der Waals surface area contributed by atoms with E-state index in [1.807, 2.05) is 18.2 Å². The number of aromatic hydroxyl groups is 1. The van der Waals surface area contributed by atoms with Gasteiger partial charge in [0.1, 0.15) is 5.75 Å². The van der Waals surface area contributed by atoms with Crippen LogP contribution < -0.4 is 5.32 Å². The zero-order valence-corrected chi connectivity index (χ0v) is 12.3. The normalized spacial score (nSPS) is 10.3. The van der Waals surface area contributed by atoms with Crippen molar-refractivity contribution in [3.8, 4) is 5.75 Å². The summed E-state index contributed by atoms with van der Waals surface area (Å²) in [6.45, 7) is 2.18. The van der Waals surface area contributed by atoms with Crippen molar-refractivity contribution in [2.75, 3.05) is 5.32 Å². The second-order valence-corrected chi connectivity index (χ2v) is 5.20. The van der Waals surface area contributed by atoms with Gasteiger partial charge in [-0.25, -0.2) is 0 Å². The first-order valence-corrected chi connectivity index (χ1v) is 7.34. The molecule has 0 radical (unpaired) electrons. The maximum absolute atomic E-state index is 12.0. The molecule has 2 aromatic rings. The van der Waals surface area contributed by atoms with Crippen molar-refractivity contribution in [3.05, 3.63) is 59.7 Å². The third-order valence-corrected chi connectivity index (χ3v) is 3.33. The number of hydrogen-bond donors (Lipinski definition) is 2. The number of anilines is 1. The number of rotatable bonds is 6. The SMILES string of the molecule is CCCCc1ccc(NC(=O)Cc2cccc(O)c2)cc1. The molecule has 0 atom stereocenters. The fourth-order valence-corrected chi connectivity index (χ4v) is 2.19. The van der Waals surface area contributed by atoms with Crippen molar-refractivity contribution in [2.45, 2.75) is 32.6 Å². The first-order chi connectivity index (χ1) is 10.2. The van der Waals surface area contributed by atoms with Gasteiger partial charge in [-0.1, -0.05) is 37.6 Å². The Morgan fingerprint density at radius 3 is 2.52 bits per heavy atom. The summed E-state index contributed by atoms with van der Waals surface area (Å²) in [5.74, 6) is 0.0995. The van der Waals surface area contributed by atoms with Gasteiger partial charge in [0.25, 0.3) is 0 Å². The van der Waals surface area contributed by atoms with E-state index in [0.29, 0.717) is 0 Å². The van der Waals surface area contributed by atoms with Gasteiger partial charge >= 0.3 is 0 Å². The number of aryl methyl sites for hydroxylation is 1. The second kappa shape index (κ2) is 7.48. The summed E-state index contributed by atoms with van der Waals surface area (Å²) in [6, 6.07) is 14.7. The fraction of sp³-hybridized carbons (Fsp3) is 0.278. The van der Waals surface area contributed by atoms with Crippen molar-refractivity contribution < 1.29 is 9.90 Å². The Morgan fingerprint density at radius 2 is 1.86 bits per heavy atom. The van der Waals surface area contributed by atoms with Crippen LogP contribution in [0.3, 0.4) is 0 Å². The molecule has 0 saturated carbocycles. The van der Waals surface area contributed by atoms with E-state index in [0.717, 1.165) is 17.7 Å². The summed E-state index contributed by atoms with van der Waals surface area (Å²) in [7, 11) is 0. The number of carbonyl (C=O) groups is 1. The maximum atomic E-state index is 12.0. The van der Waals surface area contributed by atoms with E-state index in [1.165, 1.54) is 18.4 Å². The van der Waals surface area contributed by atoms with Crippen LogP contribution in [0.2, 0.25) is 0 Å². The van der Waals surface area contributed by atoms with Gasteiger partial charge < -0.3 is 10.4 Å². The van der Waals surface area contributed by atoms with Gasteiger partial charge in [-0.15, -0.1) is 0 Å². The summed E-state index contributed by atoms with van der Waals surface area (Å²) < 4.78 is 0. The molecule has 3 heteroatoms. The number of nitrogens with one attached hydrogen (secondary N) is 1. The minimum atomic E-state index is -0.0816. The van der Waals surface area contributed by atoms with Gasteiger partial charge in [0.2, 0.25) is 5.91 Å². The Morgan fingerprint density at radius 1 is 1.10 bits per heavy atom. The van der Waals surface area contributed by atoms with Crippen LogP contribution in [0.15, 0.2) is 48.5 Å². The molecule has 0 aliphatic rings. The number of phenolic OH excluding ortho intramolecular Hbond substituents is 1. The molecule has 0 fully saturated rings. The van der Waals surface area contributed by atoms with E-state index in [4.69, 9.17) is 0 Å². The summed E-state index contributed by atoms with van der Waals surface area (Å²) in [6.07, 6.45) is 3.70. The van der Waals surface area contributed by atoms with Crippen LogP contribution in [0.25, 0.3) is 0 Å². The number of amides is 1. The van der Waals surface area contributed by atoms with Gasteiger partial charge in [0.15, 0.2) is 0 Å². The van der Waals surface area contributed by atoms with Crippen LogP contribution in [-0.4, -0.2) is 11.0 Å². The zero-order chi connectivity index (χ0) is 15.1. The molecule has 2 rings (SSSR count). The van der Waals surface area contributed by atoms with Crippen molar-refractivity contribution in [2.24, 2.45) is 0 Å². The Kier molecular flexibility index (Phi) is 5.38. The molecule has 0 heterocycles. The first kappa shape index (κ1) is 15.1. The summed E-state index contributed by atoms with van der Waals surface area (Å²) >= 11 is 0. The van der Waals surface area contributed by atoms with Crippen molar-refractivity contribution in [1.29, 1.82) is 0 Å². The molecule has 0 aromatic heterocycles. The van der Waals surface area contributed by atoms with Crippen LogP contribution in [0.4, 0.5) is 5.69 Å². The lowest BCUT2D eigenvalue weighted by atomic mass is 10.1. The average molecular weight is 283 g/mol. The lowest BCUT2D eigenvalue weighted by Gasteiger charge is -2.07. The molecular formula is C18H21NO2. The number of phenols is 1. The maximum Gasteiger partial charge on any atom is 0.228 e. The minimum absolute atomic E-state index is 0.0816. The van der Waals surface area contributed by atoms with Gasteiger partial charge in [0.05, 0.1) is 6.42 Å². The highest BCUT2D eigenvalue weighted by Gasteiger charge is 2.05. The van der Waals surface area contributed by atoms with Crippen LogP contribution in [-0.2, 0) is 17.6 Å². The minimum Gasteiger partial charge on any atom is -0.508 e. The topological polar surface area (TPSA) is 49.3 Å². The van der Waals surface area contributed by atoms with E-state index < -0.39 is 0 Å². The van der Waals surface area contributed by atoms with Crippen molar-refractivity contribution in [3.63, 3.8) is 0 Å². The van der Waals surface area contributed by atoms with E-state index in [1.54, 1.807) is 18.2 Å². The monoisotopic (exact) mass is 283 g/mol. The average Bonchev–Trinajstić information content (AvgIpc) is 2.46. The smallest absolute Gasteiger partial charge is 0.228 e. The summed E-state index contributed by atoms with van der Waals surface area (Å²) in [4.78, 5) is 12.0. The van der Waals surface area contributed by atoms with Gasteiger partial charge in [0, 0.05) is 5.69 Å². The van der Waals surface area contributed by atoms with Crippen LogP contribution in [0, 0.1) is 0 Å². The third-order valence-electron chi connectivity index (χ3n) is 3.33. The van der Waals surface area contributed by atoms with Gasteiger partial charge in [-0.2, -0.15) is 0 Å². The summed E-state index contributed by atoms with van der Waals surface area (Å²) in [5, 5.41) is 12.3. The molecule has 0 bridgehead atoms. The molecule has 3 nitrogen and oxygen atoms in total. The second-order valence-electron chi connectivity index (χ2n) is 5.20. The Hall–Kier alpha value is -2.29. The highest BCUT2D eigenvalue weighted by Crippen LogP contribution is 2.14. The summed E-state index contributed by atoms with van der Waals surface area (Å²) in [5.41, 5.74) is 2.90. The quantitative estimate of drug-likeness (QED) is 0.844. The van der Waals surface area contributed by atoms with Crippen LogP contribution >= 0.6 is 0 Å².